The van der Waals surface area contributed by atoms with Gasteiger partial charge in [-0.25, -0.2) is 14.4 Å². The first-order valence-electron chi connectivity index (χ1n) is 13.8. The van der Waals surface area contributed by atoms with Crippen LogP contribution >= 0.6 is 0 Å². The summed E-state index contributed by atoms with van der Waals surface area (Å²) in [7, 11) is 3.49. The summed E-state index contributed by atoms with van der Waals surface area (Å²) in [5.74, 6) is 1.19. The van der Waals surface area contributed by atoms with E-state index >= 15 is 0 Å². The molecule has 3 heterocycles. The lowest BCUT2D eigenvalue weighted by molar-refractivity contribution is -0.156. The number of rotatable bonds is 9. The molecule has 1 N–H and O–H groups in total. The number of ether oxygens (including phenoxy) is 2. The third-order valence-corrected chi connectivity index (χ3v) is 7.11. The van der Waals surface area contributed by atoms with E-state index in [0.29, 0.717) is 30.2 Å². The van der Waals surface area contributed by atoms with E-state index in [1.165, 1.54) is 12.1 Å². The molecule has 0 amide bonds. The first-order chi connectivity index (χ1) is 20.2. The second-order valence-electron chi connectivity index (χ2n) is 10.6. The number of aliphatic hydroxyl groups excluding tert-OH is 1. The predicted molar refractivity (Wildman–Crippen MR) is 158 cm³/mol. The molecule has 0 aliphatic carbocycles. The van der Waals surface area contributed by atoms with Crippen molar-refractivity contribution in [3.05, 3.63) is 89.5 Å². The van der Waals surface area contributed by atoms with Crippen LogP contribution in [0.2, 0.25) is 0 Å². The van der Waals surface area contributed by atoms with Crippen LogP contribution in [0.15, 0.2) is 66.9 Å². The number of aliphatic hydroxyl groups is 1. The molecule has 0 saturated carbocycles. The number of benzene rings is 2. The molecule has 42 heavy (non-hydrogen) atoms. The van der Waals surface area contributed by atoms with Crippen molar-refractivity contribution in [3.63, 3.8) is 0 Å². The number of carbonyl (C=O) groups excluding carboxylic acids is 1. The quantitative estimate of drug-likeness (QED) is 0.260. The average Bonchev–Trinajstić information content (AvgIpc) is 3.40. The number of cyclic esters (lactones) is 1. The molecule has 4 aromatic rings. The average molecular weight is 572 g/mol. The number of anilines is 2. The molecule has 2 atom stereocenters. The lowest BCUT2D eigenvalue weighted by Crippen LogP contribution is -2.31. The number of carbonyl (C=O) groups is 1. The zero-order valence-electron chi connectivity index (χ0n) is 24.1. The number of aryl methyl sites for hydroxylation is 1. The summed E-state index contributed by atoms with van der Waals surface area (Å²) in [5.41, 5.74) is 3.81. The molecule has 1 fully saturated rings. The molecule has 218 valence electrons. The minimum atomic E-state index is -0.758. The number of nitrogens with zero attached hydrogens (tertiary/aromatic N) is 5. The van der Waals surface area contributed by atoms with Crippen molar-refractivity contribution in [3.8, 4) is 17.0 Å². The van der Waals surface area contributed by atoms with Gasteiger partial charge in [0, 0.05) is 30.7 Å². The van der Waals surface area contributed by atoms with E-state index in [4.69, 9.17) is 19.4 Å². The van der Waals surface area contributed by atoms with Gasteiger partial charge in [0.15, 0.2) is 0 Å². The first-order valence-corrected chi connectivity index (χ1v) is 13.8. The molecule has 0 spiro atoms. The fourth-order valence-corrected chi connectivity index (χ4v) is 4.96. The van der Waals surface area contributed by atoms with Crippen LogP contribution < -0.4 is 9.64 Å². The predicted octanol–water partition coefficient (Wildman–Crippen LogP) is 5.57. The number of esters is 1. The summed E-state index contributed by atoms with van der Waals surface area (Å²) in [5, 5.41) is 14.5. The standard InChI is InChI=1S/C32H34FN5O4/c1-20(2)30-27(14-13-26-17-24(39)18-29(40)42-26)31(22-7-9-23(33)10-8-22)36-32(35-30)38(28-15-16-34-37(28)3)19-21-5-11-25(41-4)12-6-21/h5-16,20,24,26,39H,17-19H2,1-4H3/t24-,26-/m1/s1. The summed E-state index contributed by atoms with van der Waals surface area (Å²) in [4.78, 5) is 24.0. The van der Waals surface area contributed by atoms with Crippen LogP contribution in [0.3, 0.4) is 0 Å². The van der Waals surface area contributed by atoms with Gasteiger partial charge in [-0.3, -0.25) is 14.4 Å². The molecule has 9 nitrogen and oxygen atoms in total. The Hall–Kier alpha value is -4.57. The van der Waals surface area contributed by atoms with Crippen molar-refractivity contribution in [1.82, 2.24) is 19.7 Å². The Balaban J connectivity index is 1.65. The molecule has 1 aliphatic rings. The zero-order valence-corrected chi connectivity index (χ0v) is 24.1. The van der Waals surface area contributed by atoms with Gasteiger partial charge in [0.1, 0.15) is 23.5 Å². The van der Waals surface area contributed by atoms with Gasteiger partial charge in [-0.1, -0.05) is 32.1 Å². The van der Waals surface area contributed by atoms with E-state index < -0.39 is 18.2 Å². The highest BCUT2D eigenvalue weighted by atomic mass is 19.1. The second-order valence-corrected chi connectivity index (χ2v) is 10.6. The van der Waals surface area contributed by atoms with Crippen LogP contribution in [-0.2, 0) is 23.1 Å². The molecule has 5 rings (SSSR count). The Bertz CT molecular complexity index is 1570. The molecule has 1 saturated heterocycles. The molecule has 2 aromatic carbocycles. The fourth-order valence-electron chi connectivity index (χ4n) is 4.96. The van der Waals surface area contributed by atoms with Gasteiger partial charge in [0.2, 0.25) is 5.95 Å². The maximum atomic E-state index is 14.0. The van der Waals surface area contributed by atoms with E-state index in [-0.39, 0.29) is 18.2 Å². The fraction of sp³-hybridized carbons (Fsp3) is 0.312. The van der Waals surface area contributed by atoms with Crippen molar-refractivity contribution in [2.24, 2.45) is 7.05 Å². The Labute approximate surface area is 244 Å². The van der Waals surface area contributed by atoms with Gasteiger partial charge in [0.05, 0.1) is 43.8 Å². The third kappa shape index (κ3) is 6.49. The smallest absolute Gasteiger partial charge is 0.309 e. The Morgan fingerprint density at radius 3 is 2.50 bits per heavy atom. The summed E-state index contributed by atoms with van der Waals surface area (Å²) in [6.07, 6.45) is 4.27. The number of hydrogen-bond donors (Lipinski definition) is 1. The Morgan fingerprint density at radius 1 is 1.14 bits per heavy atom. The zero-order chi connectivity index (χ0) is 29.8. The van der Waals surface area contributed by atoms with Crippen molar-refractivity contribution >= 4 is 23.8 Å². The molecule has 0 unspecified atom stereocenters. The summed E-state index contributed by atoms with van der Waals surface area (Å²) < 4.78 is 26.5. The highest BCUT2D eigenvalue weighted by molar-refractivity contribution is 5.76. The highest BCUT2D eigenvalue weighted by Gasteiger charge is 2.27. The van der Waals surface area contributed by atoms with Crippen LogP contribution in [0.25, 0.3) is 17.3 Å². The number of methoxy groups -OCH3 is 1. The first kappa shape index (κ1) is 28.9. The minimum absolute atomic E-state index is 0.0144. The number of aromatic nitrogens is 4. The van der Waals surface area contributed by atoms with Gasteiger partial charge in [0.25, 0.3) is 0 Å². The largest absolute Gasteiger partial charge is 0.497 e. The van der Waals surface area contributed by atoms with Gasteiger partial charge in [-0.05, 0) is 54.0 Å². The molecule has 2 aromatic heterocycles. The monoisotopic (exact) mass is 571 g/mol. The molecule has 0 bridgehead atoms. The van der Waals surface area contributed by atoms with Crippen LogP contribution in [0.4, 0.5) is 16.2 Å². The summed E-state index contributed by atoms with van der Waals surface area (Å²) >= 11 is 0. The van der Waals surface area contributed by atoms with Crippen LogP contribution in [0.5, 0.6) is 5.75 Å². The normalized spacial score (nSPS) is 17.1. The SMILES string of the molecule is COc1ccc(CN(c2nc(-c3ccc(F)cc3)c(C=C[C@@H]3C[C@@H](O)CC(=O)O3)c(C(C)C)n2)c2ccnn2C)cc1. The lowest BCUT2D eigenvalue weighted by atomic mass is 9.97. The van der Waals surface area contributed by atoms with E-state index in [2.05, 4.69) is 5.10 Å². The lowest BCUT2D eigenvalue weighted by Gasteiger charge is -2.26. The maximum Gasteiger partial charge on any atom is 0.309 e. The summed E-state index contributed by atoms with van der Waals surface area (Å²) in [6, 6.07) is 15.9. The molecule has 10 heteroatoms. The van der Waals surface area contributed by atoms with E-state index in [0.717, 1.165) is 28.4 Å². The Kier molecular flexibility index (Phi) is 8.63. The van der Waals surface area contributed by atoms with Crippen LogP contribution in [0, 0.1) is 5.82 Å². The topological polar surface area (TPSA) is 103 Å². The van der Waals surface area contributed by atoms with Gasteiger partial charge < -0.3 is 14.6 Å². The molecule has 1 aliphatic heterocycles. The van der Waals surface area contributed by atoms with Gasteiger partial charge in [-0.2, -0.15) is 5.10 Å². The van der Waals surface area contributed by atoms with E-state index in [1.54, 1.807) is 36.2 Å². The number of halogens is 1. The van der Waals surface area contributed by atoms with Crippen molar-refractivity contribution in [2.75, 3.05) is 12.0 Å². The van der Waals surface area contributed by atoms with Crippen LogP contribution in [0.1, 0.15) is 49.4 Å². The summed E-state index contributed by atoms with van der Waals surface area (Å²) in [6.45, 7) is 4.54. The molecule has 0 radical (unpaired) electrons. The highest BCUT2D eigenvalue weighted by Crippen LogP contribution is 2.34. The van der Waals surface area contributed by atoms with E-state index in [9.17, 15) is 14.3 Å². The third-order valence-electron chi connectivity index (χ3n) is 7.11. The Morgan fingerprint density at radius 2 is 1.88 bits per heavy atom. The second kappa shape index (κ2) is 12.5. The van der Waals surface area contributed by atoms with Crippen LogP contribution in [-0.4, -0.2) is 50.1 Å². The van der Waals surface area contributed by atoms with Gasteiger partial charge >= 0.3 is 5.97 Å². The minimum Gasteiger partial charge on any atom is -0.497 e. The maximum absolute atomic E-state index is 14.0. The van der Waals surface area contributed by atoms with E-state index in [1.807, 2.05) is 62.2 Å². The van der Waals surface area contributed by atoms with Crippen molar-refractivity contribution in [1.29, 1.82) is 0 Å². The van der Waals surface area contributed by atoms with Crippen molar-refractivity contribution in [2.45, 2.75) is 51.4 Å². The van der Waals surface area contributed by atoms with Crippen molar-refractivity contribution < 1.29 is 23.8 Å². The van der Waals surface area contributed by atoms with Gasteiger partial charge in [-0.15, -0.1) is 0 Å². The number of hydrogen-bond acceptors (Lipinski definition) is 8. The molecular weight excluding hydrogens is 537 g/mol. The molecular formula is C32H34FN5O4.